The van der Waals surface area contributed by atoms with E-state index in [2.05, 4.69) is 10.6 Å². The van der Waals surface area contributed by atoms with E-state index in [4.69, 9.17) is 4.74 Å². The predicted molar refractivity (Wildman–Crippen MR) is 117 cm³/mol. The molecule has 0 saturated carbocycles. The molecular formula is C22H25N3O5S. The van der Waals surface area contributed by atoms with Gasteiger partial charge in [0.05, 0.1) is 10.6 Å². The summed E-state index contributed by atoms with van der Waals surface area (Å²) < 4.78 is 32.9. The van der Waals surface area contributed by atoms with Gasteiger partial charge in [0.2, 0.25) is 15.9 Å². The van der Waals surface area contributed by atoms with Gasteiger partial charge < -0.3 is 15.4 Å². The average Bonchev–Trinajstić information content (AvgIpc) is 2.76. The molecule has 8 nitrogen and oxygen atoms in total. The highest BCUT2D eigenvalue weighted by molar-refractivity contribution is 7.89. The lowest BCUT2D eigenvalue weighted by atomic mass is 9.97. The molecule has 0 aliphatic carbocycles. The Labute approximate surface area is 181 Å². The summed E-state index contributed by atoms with van der Waals surface area (Å²) in [6, 6.07) is 10.3. The molecule has 0 bridgehead atoms. The Morgan fingerprint density at radius 2 is 1.87 bits per heavy atom. The number of piperidine rings is 1. The second-order valence-electron chi connectivity index (χ2n) is 7.98. The number of aryl methyl sites for hydroxylation is 2. The first kappa shape index (κ1) is 21.3. The number of benzene rings is 2. The fourth-order valence-electron chi connectivity index (χ4n) is 3.83. The van der Waals surface area contributed by atoms with Gasteiger partial charge in [-0.3, -0.25) is 9.59 Å². The Bertz CT molecular complexity index is 1140. The summed E-state index contributed by atoms with van der Waals surface area (Å²) in [5.74, 6) is -0.259. The standard InChI is InChI=1S/C22H25N3O5S/c1-14-3-4-15(2)19(11-14)24-22(27)16-7-9-25(10-8-16)31(28,29)17-5-6-18-20(12-17)30-13-21(26)23-18/h3-6,11-12,16H,7-10,13H2,1-2H3,(H,23,26)(H,24,27). The Morgan fingerprint density at radius 3 is 2.61 bits per heavy atom. The van der Waals surface area contributed by atoms with Crippen molar-refractivity contribution in [3.63, 3.8) is 0 Å². The lowest BCUT2D eigenvalue weighted by Crippen LogP contribution is -2.41. The first-order valence-corrected chi connectivity index (χ1v) is 11.6. The number of amides is 2. The fraction of sp³-hybridized carbons (Fsp3) is 0.364. The number of hydrogen-bond acceptors (Lipinski definition) is 5. The Hall–Kier alpha value is -2.91. The summed E-state index contributed by atoms with van der Waals surface area (Å²) in [5, 5.41) is 5.63. The van der Waals surface area contributed by atoms with Crippen LogP contribution in [-0.4, -0.2) is 44.2 Å². The molecule has 0 atom stereocenters. The van der Waals surface area contributed by atoms with Crippen molar-refractivity contribution >= 4 is 33.2 Å². The van der Waals surface area contributed by atoms with Gasteiger partial charge in [0, 0.05) is 30.8 Å². The van der Waals surface area contributed by atoms with Gasteiger partial charge in [-0.05, 0) is 56.0 Å². The van der Waals surface area contributed by atoms with Crippen LogP contribution in [0.15, 0.2) is 41.3 Å². The van der Waals surface area contributed by atoms with Crippen LogP contribution in [0, 0.1) is 19.8 Å². The van der Waals surface area contributed by atoms with Gasteiger partial charge >= 0.3 is 0 Å². The Balaban J connectivity index is 1.41. The number of carbonyl (C=O) groups is 2. The van der Waals surface area contributed by atoms with E-state index in [1.807, 2.05) is 32.0 Å². The molecular weight excluding hydrogens is 418 g/mol. The van der Waals surface area contributed by atoms with Gasteiger partial charge in [-0.1, -0.05) is 12.1 Å². The van der Waals surface area contributed by atoms with E-state index in [1.54, 1.807) is 0 Å². The maximum absolute atomic E-state index is 13.1. The molecule has 9 heteroatoms. The van der Waals surface area contributed by atoms with Gasteiger partial charge in [-0.15, -0.1) is 0 Å². The summed E-state index contributed by atoms with van der Waals surface area (Å²) in [5.41, 5.74) is 3.30. The predicted octanol–water partition coefficient (Wildman–Crippen LogP) is 2.67. The fourth-order valence-corrected chi connectivity index (χ4v) is 5.31. The molecule has 0 radical (unpaired) electrons. The number of fused-ring (bicyclic) bond motifs is 1. The van der Waals surface area contributed by atoms with Gasteiger partial charge in [-0.25, -0.2) is 8.42 Å². The molecule has 2 amide bonds. The zero-order valence-electron chi connectivity index (χ0n) is 17.5. The molecule has 0 unspecified atom stereocenters. The zero-order valence-corrected chi connectivity index (χ0v) is 18.3. The van der Waals surface area contributed by atoms with Gasteiger partial charge in [-0.2, -0.15) is 4.31 Å². The van der Waals surface area contributed by atoms with E-state index in [1.165, 1.54) is 22.5 Å². The minimum Gasteiger partial charge on any atom is -0.482 e. The van der Waals surface area contributed by atoms with E-state index in [0.29, 0.717) is 24.3 Å². The largest absolute Gasteiger partial charge is 0.482 e. The minimum absolute atomic E-state index is 0.0799. The number of carbonyl (C=O) groups excluding carboxylic acids is 2. The molecule has 1 saturated heterocycles. The van der Waals surface area contributed by atoms with Crippen molar-refractivity contribution < 1.29 is 22.7 Å². The van der Waals surface area contributed by atoms with Gasteiger partial charge in [0.1, 0.15) is 5.75 Å². The van der Waals surface area contributed by atoms with E-state index < -0.39 is 10.0 Å². The van der Waals surface area contributed by atoms with Crippen LogP contribution in [0.4, 0.5) is 11.4 Å². The topological polar surface area (TPSA) is 105 Å². The summed E-state index contributed by atoms with van der Waals surface area (Å²) in [4.78, 5) is 24.2. The third-order valence-corrected chi connectivity index (χ3v) is 7.59. The van der Waals surface area contributed by atoms with E-state index >= 15 is 0 Å². The quantitative estimate of drug-likeness (QED) is 0.756. The van der Waals surface area contributed by atoms with Crippen LogP contribution in [0.2, 0.25) is 0 Å². The number of hydrogen-bond donors (Lipinski definition) is 2. The first-order chi connectivity index (χ1) is 14.7. The van der Waals surface area contributed by atoms with Crippen LogP contribution in [0.25, 0.3) is 0 Å². The van der Waals surface area contributed by atoms with Crippen LogP contribution in [-0.2, 0) is 19.6 Å². The normalized spacial score (nSPS) is 17.4. The maximum Gasteiger partial charge on any atom is 0.262 e. The molecule has 164 valence electrons. The van der Waals surface area contributed by atoms with Crippen molar-refractivity contribution in [2.45, 2.75) is 31.6 Å². The number of nitrogens with one attached hydrogen (secondary N) is 2. The second kappa shape index (κ2) is 8.32. The molecule has 2 aromatic rings. The van der Waals surface area contributed by atoms with E-state index in [-0.39, 0.29) is 42.3 Å². The van der Waals surface area contributed by atoms with Crippen LogP contribution < -0.4 is 15.4 Å². The SMILES string of the molecule is Cc1ccc(C)c(NC(=O)C2CCN(S(=O)(=O)c3ccc4c(c3)OCC(=O)N4)CC2)c1. The molecule has 2 aromatic carbocycles. The van der Waals surface area contributed by atoms with Crippen molar-refractivity contribution in [2.75, 3.05) is 30.3 Å². The highest BCUT2D eigenvalue weighted by Crippen LogP contribution is 2.32. The summed E-state index contributed by atoms with van der Waals surface area (Å²) in [7, 11) is -3.72. The highest BCUT2D eigenvalue weighted by atomic mass is 32.2. The summed E-state index contributed by atoms with van der Waals surface area (Å²) in [6.07, 6.45) is 0.904. The average molecular weight is 444 g/mol. The number of rotatable bonds is 4. The molecule has 2 N–H and O–H groups in total. The minimum atomic E-state index is -3.72. The van der Waals surface area contributed by atoms with Crippen molar-refractivity contribution in [1.82, 2.24) is 4.31 Å². The molecule has 0 spiro atoms. The molecule has 2 aliphatic heterocycles. The maximum atomic E-state index is 13.1. The molecule has 31 heavy (non-hydrogen) atoms. The van der Waals surface area contributed by atoms with Crippen LogP contribution in [0.3, 0.4) is 0 Å². The lowest BCUT2D eigenvalue weighted by Gasteiger charge is -2.31. The first-order valence-electron chi connectivity index (χ1n) is 10.2. The molecule has 0 aromatic heterocycles. The number of ether oxygens (including phenoxy) is 1. The van der Waals surface area contributed by atoms with Crippen molar-refractivity contribution in [2.24, 2.45) is 5.92 Å². The van der Waals surface area contributed by atoms with E-state index in [0.717, 1.165) is 16.8 Å². The summed E-state index contributed by atoms with van der Waals surface area (Å²) in [6.45, 7) is 4.30. The van der Waals surface area contributed by atoms with Crippen LogP contribution in [0.1, 0.15) is 24.0 Å². The van der Waals surface area contributed by atoms with Crippen LogP contribution >= 0.6 is 0 Å². The highest BCUT2D eigenvalue weighted by Gasteiger charge is 2.33. The second-order valence-corrected chi connectivity index (χ2v) is 9.92. The number of sulfonamides is 1. The molecule has 1 fully saturated rings. The number of nitrogens with zero attached hydrogens (tertiary/aromatic N) is 1. The van der Waals surface area contributed by atoms with Gasteiger partial charge in [0.15, 0.2) is 6.61 Å². The third-order valence-electron chi connectivity index (χ3n) is 5.70. The smallest absolute Gasteiger partial charge is 0.262 e. The van der Waals surface area contributed by atoms with Crippen molar-refractivity contribution in [3.05, 3.63) is 47.5 Å². The van der Waals surface area contributed by atoms with Crippen molar-refractivity contribution in [1.29, 1.82) is 0 Å². The zero-order chi connectivity index (χ0) is 22.2. The van der Waals surface area contributed by atoms with Gasteiger partial charge in [0.25, 0.3) is 5.91 Å². The third kappa shape index (κ3) is 4.42. The molecule has 2 heterocycles. The number of anilines is 2. The Kier molecular flexibility index (Phi) is 5.72. The summed E-state index contributed by atoms with van der Waals surface area (Å²) >= 11 is 0. The molecule has 2 aliphatic rings. The van der Waals surface area contributed by atoms with E-state index in [9.17, 15) is 18.0 Å². The monoisotopic (exact) mass is 443 g/mol. The lowest BCUT2D eigenvalue weighted by molar-refractivity contribution is -0.121. The Morgan fingerprint density at radius 1 is 1.13 bits per heavy atom. The van der Waals surface area contributed by atoms with Crippen LogP contribution in [0.5, 0.6) is 5.75 Å². The van der Waals surface area contributed by atoms with Crippen molar-refractivity contribution in [3.8, 4) is 5.75 Å². The molecule has 4 rings (SSSR count).